The van der Waals surface area contributed by atoms with E-state index in [1.165, 1.54) is 0 Å². The summed E-state index contributed by atoms with van der Waals surface area (Å²) < 4.78 is 5.75. The van der Waals surface area contributed by atoms with Crippen molar-refractivity contribution >= 4 is 11.6 Å². The summed E-state index contributed by atoms with van der Waals surface area (Å²) in [6, 6.07) is 5.84. The molecule has 1 aliphatic rings. The lowest BCUT2D eigenvalue weighted by atomic mass is 10.0. The number of hydrogen-bond acceptors (Lipinski definition) is 3. The Morgan fingerprint density at radius 3 is 2.95 bits per heavy atom. The summed E-state index contributed by atoms with van der Waals surface area (Å²) in [6.07, 6.45) is 2.37. The Morgan fingerprint density at radius 1 is 1.42 bits per heavy atom. The molecule has 0 aromatic heterocycles. The molecule has 4 heteroatoms. The molecule has 1 aliphatic heterocycles. The minimum Gasteiger partial charge on any atom is -0.492 e. The lowest BCUT2D eigenvalue weighted by Gasteiger charge is -2.20. The standard InChI is InChI=1S/C15H22N2O2/c1-3-10(2)13(16)9-19-12-5-6-14-11(8-12)4-7-15(18)17-14/h5-6,8,10,13H,3-4,7,9,16H2,1-2H3,(H,17,18). The number of fused-ring (bicyclic) bond motifs is 1. The Hall–Kier alpha value is -1.55. The SMILES string of the molecule is CCC(C)C(N)COc1ccc2c(c1)CCC(=O)N2. The zero-order valence-corrected chi connectivity index (χ0v) is 11.6. The van der Waals surface area contributed by atoms with Gasteiger partial charge >= 0.3 is 0 Å². The molecule has 1 heterocycles. The monoisotopic (exact) mass is 262 g/mol. The van der Waals surface area contributed by atoms with E-state index >= 15 is 0 Å². The number of carbonyl (C=O) groups is 1. The van der Waals surface area contributed by atoms with Gasteiger partial charge in [0.15, 0.2) is 0 Å². The van der Waals surface area contributed by atoms with Crippen LogP contribution in [0.4, 0.5) is 5.69 Å². The molecule has 0 spiro atoms. The molecule has 2 atom stereocenters. The van der Waals surface area contributed by atoms with Crippen molar-refractivity contribution in [2.24, 2.45) is 11.7 Å². The highest BCUT2D eigenvalue weighted by molar-refractivity contribution is 5.93. The third-order valence-corrected chi connectivity index (χ3v) is 3.79. The Morgan fingerprint density at radius 2 is 2.21 bits per heavy atom. The number of rotatable bonds is 5. The van der Waals surface area contributed by atoms with Gasteiger partial charge in [-0.05, 0) is 36.1 Å². The molecule has 0 aliphatic carbocycles. The summed E-state index contributed by atoms with van der Waals surface area (Å²) in [4.78, 5) is 11.3. The number of anilines is 1. The fourth-order valence-electron chi connectivity index (χ4n) is 2.11. The molecule has 0 saturated heterocycles. The molecule has 0 radical (unpaired) electrons. The minimum atomic E-state index is 0.0562. The van der Waals surface area contributed by atoms with Crippen LogP contribution in [-0.2, 0) is 11.2 Å². The van der Waals surface area contributed by atoms with E-state index in [4.69, 9.17) is 10.5 Å². The predicted molar refractivity (Wildman–Crippen MR) is 76.3 cm³/mol. The molecule has 1 aromatic rings. The quantitative estimate of drug-likeness (QED) is 0.856. The molecule has 4 nitrogen and oxygen atoms in total. The Labute approximate surface area is 114 Å². The molecule has 3 N–H and O–H groups in total. The van der Waals surface area contributed by atoms with Gasteiger partial charge in [0.25, 0.3) is 0 Å². The molecule has 0 saturated carbocycles. The van der Waals surface area contributed by atoms with E-state index in [1.807, 2.05) is 18.2 Å². The third-order valence-electron chi connectivity index (χ3n) is 3.79. The largest absolute Gasteiger partial charge is 0.492 e. The lowest BCUT2D eigenvalue weighted by Crippen LogP contribution is -2.34. The normalized spacial score (nSPS) is 17.3. The van der Waals surface area contributed by atoms with E-state index < -0.39 is 0 Å². The first-order valence-corrected chi connectivity index (χ1v) is 6.91. The number of hydrogen-bond donors (Lipinski definition) is 2. The molecule has 104 valence electrons. The number of benzene rings is 1. The number of nitrogens with two attached hydrogens (primary N) is 1. The van der Waals surface area contributed by atoms with Gasteiger partial charge in [-0.3, -0.25) is 4.79 Å². The van der Waals surface area contributed by atoms with Gasteiger partial charge in [0, 0.05) is 18.2 Å². The first-order chi connectivity index (χ1) is 9.10. The van der Waals surface area contributed by atoms with E-state index in [-0.39, 0.29) is 11.9 Å². The summed E-state index contributed by atoms with van der Waals surface area (Å²) in [5.74, 6) is 1.37. The van der Waals surface area contributed by atoms with E-state index in [2.05, 4.69) is 19.2 Å². The molecular weight excluding hydrogens is 240 g/mol. The smallest absolute Gasteiger partial charge is 0.224 e. The van der Waals surface area contributed by atoms with Gasteiger partial charge in [0.1, 0.15) is 12.4 Å². The van der Waals surface area contributed by atoms with Gasteiger partial charge < -0.3 is 15.8 Å². The van der Waals surface area contributed by atoms with Gasteiger partial charge in [-0.25, -0.2) is 0 Å². The highest BCUT2D eigenvalue weighted by Crippen LogP contribution is 2.26. The first kappa shape index (κ1) is 13.9. The second-order valence-electron chi connectivity index (χ2n) is 5.23. The van der Waals surface area contributed by atoms with Crippen LogP contribution in [0.3, 0.4) is 0 Å². The van der Waals surface area contributed by atoms with Gasteiger partial charge in [-0.1, -0.05) is 20.3 Å². The summed E-state index contributed by atoms with van der Waals surface area (Å²) in [5, 5.41) is 2.86. The van der Waals surface area contributed by atoms with Crippen molar-refractivity contribution in [2.45, 2.75) is 39.2 Å². The second kappa shape index (κ2) is 6.06. The van der Waals surface area contributed by atoms with Crippen LogP contribution >= 0.6 is 0 Å². The Balaban J connectivity index is 1.97. The van der Waals surface area contributed by atoms with E-state index in [0.717, 1.165) is 29.8 Å². The average Bonchev–Trinajstić information content (AvgIpc) is 2.43. The van der Waals surface area contributed by atoms with Crippen molar-refractivity contribution in [1.82, 2.24) is 0 Å². The Bertz CT molecular complexity index is 459. The molecular formula is C15H22N2O2. The topological polar surface area (TPSA) is 64.3 Å². The number of carbonyl (C=O) groups excluding carboxylic acids is 1. The van der Waals surface area contributed by atoms with Crippen LogP contribution in [0.25, 0.3) is 0 Å². The number of amides is 1. The maximum atomic E-state index is 11.3. The third kappa shape index (κ3) is 3.47. The van der Waals surface area contributed by atoms with Crippen molar-refractivity contribution in [2.75, 3.05) is 11.9 Å². The first-order valence-electron chi connectivity index (χ1n) is 6.91. The van der Waals surface area contributed by atoms with Crippen LogP contribution in [0.15, 0.2) is 18.2 Å². The number of nitrogens with one attached hydrogen (secondary N) is 1. The van der Waals surface area contributed by atoms with Crippen molar-refractivity contribution in [3.63, 3.8) is 0 Å². The molecule has 2 unspecified atom stereocenters. The molecule has 1 aromatic carbocycles. The van der Waals surface area contributed by atoms with E-state index in [1.54, 1.807) is 0 Å². The summed E-state index contributed by atoms with van der Waals surface area (Å²) in [7, 11) is 0. The van der Waals surface area contributed by atoms with E-state index in [0.29, 0.717) is 18.9 Å². The van der Waals surface area contributed by atoms with Crippen molar-refractivity contribution in [1.29, 1.82) is 0 Å². The van der Waals surface area contributed by atoms with Crippen LogP contribution in [0.2, 0.25) is 0 Å². The Kier molecular flexibility index (Phi) is 4.43. The summed E-state index contributed by atoms with van der Waals surface area (Å²) in [5.41, 5.74) is 8.08. The number of aryl methyl sites for hydroxylation is 1. The van der Waals surface area contributed by atoms with Gasteiger partial charge in [-0.2, -0.15) is 0 Å². The van der Waals surface area contributed by atoms with Crippen LogP contribution < -0.4 is 15.8 Å². The van der Waals surface area contributed by atoms with Crippen LogP contribution in [-0.4, -0.2) is 18.6 Å². The van der Waals surface area contributed by atoms with Crippen LogP contribution in [0.5, 0.6) is 5.75 Å². The highest BCUT2D eigenvalue weighted by atomic mass is 16.5. The van der Waals surface area contributed by atoms with Crippen molar-refractivity contribution in [3.8, 4) is 5.75 Å². The summed E-state index contributed by atoms with van der Waals surface area (Å²) in [6.45, 7) is 4.79. The number of ether oxygens (including phenoxy) is 1. The molecule has 0 fully saturated rings. The maximum absolute atomic E-state index is 11.3. The lowest BCUT2D eigenvalue weighted by molar-refractivity contribution is -0.116. The minimum absolute atomic E-state index is 0.0562. The zero-order chi connectivity index (χ0) is 13.8. The molecule has 0 bridgehead atoms. The van der Waals surface area contributed by atoms with Gasteiger partial charge in [-0.15, -0.1) is 0 Å². The molecule has 19 heavy (non-hydrogen) atoms. The van der Waals surface area contributed by atoms with Gasteiger partial charge in [0.2, 0.25) is 5.91 Å². The van der Waals surface area contributed by atoms with E-state index in [9.17, 15) is 4.79 Å². The van der Waals surface area contributed by atoms with Crippen molar-refractivity contribution < 1.29 is 9.53 Å². The molecule has 2 rings (SSSR count). The van der Waals surface area contributed by atoms with Crippen LogP contribution in [0.1, 0.15) is 32.3 Å². The summed E-state index contributed by atoms with van der Waals surface area (Å²) >= 11 is 0. The van der Waals surface area contributed by atoms with Gasteiger partial charge in [0.05, 0.1) is 0 Å². The highest BCUT2D eigenvalue weighted by Gasteiger charge is 2.16. The van der Waals surface area contributed by atoms with Crippen LogP contribution in [0, 0.1) is 5.92 Å². The second-order valence-corrected chi connectivity index (χ2v) is 5.23. The zero-order valence-electron chi connectivity index (χ0n) is 11.6. The predicted octanol–water partition coefficient (Wildman–Crippen LogP) is 2.32. The average molecular weight is 262 g/mol. The fraction of sp³-hybridized carbons (Fsp3) is 0.533. The molecule has 1 amide bonds. The maximum Gasteiger partial charge on any atom is 0.224 e. The fourth-order valence-corrected chi connectivity index (χ4v) is 2.11. The van der Waals surface area contributed by atoms with Crippen molar-refractivity contribution in [3.05, 3.63) is 23.8 Å².